The molecule has 0 aliphatic carbocycles. The van der Waals surface area contributed by atoms with Crippen molar-refractivity contribution in [1.29, 1.82) is 0 Å². The van der Waals surface area contributed by atoms with Crippen molar-refractivity contribution in [3.05, 3.63) is 42.7 Å². The fourth-order valence-electron chi connectivity index (χ4n) is 0.973. The summed E-state index contributed by atoms with van der Waals surface area (Å²) in [6.45, 7) is 6.06. The van der Waals surface area contributed by atoms with Gasteiger partial charge in [-0.15, -0.1) is 6.58 Å². The summed E-state index contributed by atoms with van der Waals surface area (Å²) in [7, 11) is 0. The van der Waals surface area contributed by atoms with Crippen molar-refractivity contribution in [2.75, 3.05) is 6.54 Å². The second-order valence-electron chi connectivity index (χ2n) is 3.02. The zero-order valence-corrected chi connectivity index (χ0v) is 9.92. The summed E-state index contributed by atoms with van der Waals surface area (Å²) in [5, 5.41) is 7.50. The van der Waals surface area contributed by atoms with Gasteiger partial charge >= 0.3 is 0 Å². The number of hydrogen-bond donors (Lipinski definition) is 2. The number of pyridine rings is 1. The molecule has 0 saturated carbocycles. The number of nitrogens with zero attached hydrogens (tertiary/aromatic N) is 2. The minimum atomic E-state index is 0.468. The predicted octanol–water partition coefficient (Wildman–Crippen LogP) is 1.46. The number of hydrazone groups is 1. The van der Waals surface area contributed by atoms with Crippen LogP contribution in [0.25, 0.3) is 0 Å². The fraction of sp³-hybridized carbons (Fsp3) is 0.182. The molecule has 1 aromatic rings. The van der Waals surface area contributed by atoms with Crippen molar-refractivity contribution < 1.29 is 0 Å². The molecular weight excluding hydrogens is 220 g/mol. The largest absolute Gasteiger partial charge is 0.358 e. The Hall–Kier alpha value is -1.75. The predicted molar refractivity (Wildman–Crippen MR) is 70.4 cm³/mol. The molecule has 0 aromatic carbocycles. The molecule has 1 heterocycles. The van der Waals surface area contributed by atoms with Crippen LogP contribution in [0.3, 0.4) is 0 Å². The zero-order valence-electron chi connectivity index (χ0n) is 9.10. The summed E-state index contributed by atoms with van der Waals surface area (Å²) in [6.07, 6.45) is 3.45. The minimum absolute atomic E-state index is 0.468. The van der Waals surface area contributed by atoms with Crippen molar-refractivity contribution >= 4 is 23.0 Å². The maximum atomic E-state index is 4.99. The first-order valence-corrected chi connectivity index (χ1v) is 5.25. The highest BCUT2D eigenvalue weighted by Crippen LogP contribution is 1.94. The maximum absolute atomic E-state index is 4.99. The first-order chi connectivity index (χ1) is 7.74. The molecule has 1 rings (SSSR count). The average molecular weight is 234 g/mol. The summed E-state index contributed by atoms with van der Waals surface area (Å²) in [4.78, 5) is 4.17. The Kier molecular flexibility index (Phi) is 5.15. The van der Waals surface area contributed by atoms with Crippen molar-refractivity contribution in [3.63, 3.8) is 0 Å². The van der Waals surface area contributed by atoms with Gasteiger partial charge in [-0.05, 0) is 31.3 Å². The minimum Gasteiger partial charge on any atom is -0.358 e. The monoisotopic (exact) mass is 234 g/mol. The molecule has 0 aliphatic heterocycles. The van der Waals surface area contributed by atoms with Gasteiger partial charge in [0.15, 0.2) is 5.11 Å². The van der Waals surface area contributed by atoms with E-state index in [0.717, 1.165) is 11.4 Å². The van der Waals surface area contributed by atoms with Gasteiger partial charge in [0.05, 0.1) is 11.4 Å². The Morgan fingerprint density at radius 2 is 2.44 bits per heavy atom. The number of hydrogen-bond acceptors (Lipinski definition) is 3. The number of aromatic nitrogens is 1. The van der Waals surface area contributed by atoms with Crippen molar-refractivity contribution in [2.24, 2.45) is 5.10 Å². The number of rotatable bonds is 4. The molecule has 0 unspecified atom stereocenters. The molecule has 0 spiro atoms. The standard InChI is InChI=1S/C11H14N4S/c1-3-7-13-11(16)15-14-9(2)10-6-4-5-8-12-10/h3-6,8H,1,7H2,2H3,(H2,13,15,16)/b14-9-. The molecule has 0 saturated heterocycles. The van der Waals surface area contributed by atoms with Crippen LogP contribution >= 0.6 is 12.2 Å². The van der Waals surface area contributed by atoms with E-state index in [1.165, 1.54) is 0 Å². The third kappa shape index (κ3) is 4.18. The van der Waals surface area contributed by atoms with E-state index >= 15 is 0 Å². The molecular formula is C11H14N4S. The van der Waals surface area contributed by atoms with E-state index in [9.17, 15) is 0 Å². The molecule has 16 heavy (non-hydrogen) atoms. The van der Waals surface area contributed by atoms with E-state index in [1.807, 2.05) is 25.1 Å². The summed E-state index contributed by atoms with van der Waals surface area (Å²) in [5.41, 5.74) is 4.34. The van der Waals surface area contributed by atoms with Crippen LogP contribution in [0.4, 0.5) is 0 Å². The van der Waals surface area contributed by atoms with Crippen molar-refractivity contribution in [3.8, 4) is 0 Å². The molecule has 0 fully saturated rings. The smallest absolute Gasteiger partial charge is 0.187 e. The maximum Gasteiger partial charge on any atom is 0.187 e. The molecule has 0 aliphatic rings. The lowest BCUT2D eigenvalue weighted by molar-refractivity contribution is 0.935. The molecule has 5 heteroatoms. The van der Waals surface area contributed by atoms with Crippen LogP contribution in [0.1, 0.15) is 12.6 Å². The lowest BCUT2D eigenvalue weighted by atomic mass is 10.3. The first kappa shape index (κ1) is 12.3. The summed E-state index contributed by atoms with van der Waals surface area (Å²) >= 11 is 4.99. The van der Waals surface area contributed by atoms with Gasteiger partial charge < -0.3 is 5.32 Å². The zero-order chi connectivity index (χ0) is 11.8. The molecule has 0 radical (unpaired) electrons. The first-order valence-electron chi connectivity index (χ1n) is 4.84. The van der Waals surface area contributed by atoms with Gasteiger partial charge in [-0.2, -0.15) is 5.10 Å². The Morgan fingerprint density at radius 1 is 1.62 bits per heavy atom. The van der Waals surface area contributed by atoms with E-state index in [2.05, 4.69) is 27.4 Å². The van der Waals surface area contributed by atoms with Gasteiger partial charge in [0.1, 0.15) is 0 Å². The van der Waals surface area contributed by atoms with E-state index in [0.29, 0.717) is 11.7 Å². The van der Waals surface area contributed by atoms with E-state index in [1.54, 1.807) is 12.3 Å². The van der Waals surface area contributed by atoms with Crippen molar-refractivity contribution in [1.82, 2.24) is 15.7 Å². The van der Waals surface area contributed by atoms with E-state index in [4.69, 9.17) is 12.2 Å². The van der Waals surface area contributed by atoms with E-state index < -0.39 is 0 Å². The second-order valence-corrected chi connectivity index (χ2v) is 3.43. The summed E-state index contributed by atoms with van der Waals surface area (Å²) < 4.78 is 0. The highest BCUT2D eigenvalue weighted by Gasteiger charge is 1.97. The quantitative estimate of drug-likeness (QED) is 0.358. The lowest BCUT2D eigenvalue weighted by Crippen LogP contribution is -2.32. The van der Waals surface area contributed by atoms with Crippen LogP contribution in [-0.4, -0.2) is 22.4 Å². The van der Waals surface area contributed by atoms with Gasteiger partial charge in [-0.1, -0.05) is 12.1 Å². The fourth-order valence-corrected chi connectivity index (χ4v) is 1.10. The third-order valence-electron chi connectivity index (χ3n) is 1.77. The van der Waals surface area contributed by atoms with Gasteiger partial charge in [0, 0.05) is 12.7 Å². The summed E-state index contributed by atoms with van der Waals surface area (Å²) in [6, 6.07) is 5.66. The molecule has 4 nitrogen and oxygen atoms in total. The Morgan fingerprint density at radius 3 is 3.06 bits per heavy atom. The Labute approximate surface area is 100 Å². The van der Waals surface area contributed by atoms with Crippen LogP contribution in [0.2, 0.25) is 0 Å². The van der Waals surface area contributed by atoms with E-state index in [-0.39, 0.29) is 0 Å². The Balaban J connectivity index is 2.51. The van der Waals surface area contributed by atoms with Crippen LogP contribution in [0.5, 0.6) is 0 Å². The van der Waals surface area contributed by atoms with Crippen LogP contribution in [0, 0.1) is 0 Å². The van der Waals surface area contributed by atoms with Crippen LogP contribution in [0.15, 0.2) is 42.2 Å². The normalized spacial score (nSPS) is 10.7. The topological polar surface area (TPSA) is 49.3 Å². The van der Waals surface area contributed by atoms with Gasteiger partial charge in [0.25, 0.3) is 0 Å². The Bertz CT molecular complexity index is 386. The second kappa shape index (κ2) is 6.68. The lowest BCUT2D eigenvalue weighted by Gasteiger charge is -2.05. The molecule has 0 atom stereocenters. The van der Waals surface area contributed by atoms with Crippen LogP contribution in [-0.2, 0) is 0 Å². The van der Waals surface area contributed by atoms with Gasteiger partial charge in [-0.25, -0.2) is 0 Å². The van der Waals surface area contributed by atoms with Crippen LogP contribution < -0.4 is 10.7 Å². The SMILES string of the molecule is C=CCNC(=S)N/N=C(/C)c1ccccn1. The highest BCUT2D eigenvalue weighted by molar-refractivity contribution is 7.80. The molecule has 1 aromatic heterocycles. The summed E-state index contributed by atoms with van der Waals surface area (Å²) in [5.74, 6) is 0. The molecule has 2 N–H and O–H groups in total. The molecule has 0 bridgehead atoms. The highest BCUT2D eigenvalue weighted by atomic mass is 32.1. The number of thiocarbonyl (C=S) groups is 1. The van der Waals surface area contributed by atoms with Gasteiger partial charge in [0.2, 0.25) is 0 Å². The average Bonchev–Trinajstić information content (AvgIpc) is 2.34. The van der Waals surface area contributed by atoms with Gasteiger partial charge in [-0.3, -0.25) is 10.4 Å². The van der Waals surface area contributed by atoms with Crippen molar-refractivity contribution in [2.45, 2.75) is 6.92 Å². The molecule has 84 valence electrons. The number of nitrogens with one attached hydrogen (secondary N) is 2. The molecule has 0 amide bonds. The third-order valence-corrected chi connectivity index (χ3v) is 2.00.